The molecule has 0 aromatic heterocycles. The molecular weight excluding hydrogens is 343 g/mol. The van der Waals surface area contributed by atoms with E-state index < -0.39 is 0 Å². The van der Waals surface area contributed by atoms with Gasteiger partial charge >= 0.3 is 0 Å². The fourth-order valence-electron chi connectivity index (χ4n) is 2.10. The van der Waals surface area contributed by atoms with Crippen molar-refractivity contribution in [3.05, 3.63) is 22.7 Å². The van der Waals surface area contributed by atoms with Gasteiger partial charge in [-0.05, 0) is 17.7 Å². The molecule has 1 aromatic carbocycles. The maximum atomic E-state index is 11.9. The number of ether oxygens (including phenoxy) is 3. The van der Waals surface area contributed by atoms with E-state index >= 15 is 0 Å². The molecule has 1 aliphatic heterocycles. The number of hydrogen-bond donors (Lipinski definition) is 2. The fourth-order valence-corrected chi connectivity index (χ4v) is 2.39. The van der Waals surface area contributed by atoms with Crippen LogP contribution in [-0.2, 0) is 16.0 Å². The summed E-state index contributed by atoms with van der Waals surface area (Å²) >= 11 is 6.15. The molecule has 0 fully saturated rings. The van der Waals surface area contributed by atoms with E-state index in [1.165, 1.54) is 0 Å². The van der Waals surface area contributed by atoms with Crippen LogP contribution in [0.15, 0.2) is 12.1 Å². The zero-order valence-corrected chi connectivity index (χ0v) is 14.6. The third-order valence-corrected chi connectivity index (χ3v) is 3.41. The number of benzene rings is 1. The van der Waals surface area contributed by atoms with Crippen molar-refractivity contribution >= 4 is 29.9 Å². The van der Waals surface area contributed by atoms with Gasteiger partial charge in [-0.3, -0.25) is 4.79 Å². The van der Waals surface area contributed by atoms with Crippen LogP contribution < -0.4 is 20.1 Å². The van der Waals surface area contributed by atoms with Crippen LogP contribution >= 0.6 is 24.0 Å². The molecule has 1 aliphatic rings. The smallest absolute Gasteiger partial charge is 0.224 e. The van der Waals surface area contributed by atoms with Gasteiger partial charge in [-0.15, -0.1) is 12.4 Å². The van der Waals surface area contributed by atoms with Crippen molar-refractivity contribution in [2.75, 3.05) is 46.6 Å². The average Bonchev–Trinajstić information content (AvgIpc) is 2.51. The molecule has 0 saturated carbocycles. The lowest BCUT2D eigenvalue weighted by Crippen LogP contribution is -2.33. The first kappa shape index (κ1) is 19.8. The second-order valence-corrected chi connectivity index (χ2v) is 5.28. The molecule has 0 bridgehead atoms. The van der Waals surface area contributed by atoms with Gasteiger partial charge in [0, 0.05) is 26.7 Å². The van der Waals surface area contributed by atoms with Gasteiger partial charge < -0.3 is 24.8 Å². The molecule has 2 N–H and O–H groups in total. The predicted octanol–water partition coefficient (Wildman–Crippen LogP) is 1.43. The molecule has 0 atom stereocenters. The summed E-state index contributed by atoms with van der Waals surface area (Å²) in [5, 5.41) is 6.48. The van der Waals surface area contributed by atoms with Crippen molar-refractivity contribution in [1.82, 2.24) is 10.6 Å². The van der Waals surface area contributed by atoms with Crippen LogP contribution in [0.2, 0.25) is 5.02 Å². The van der Waals surface area contributed by atoms with Gasteiger partial charge in [0.05, 0.1) is 18.1 Å². The van der Waals surface area contributed by atoms with E-state index in [0.717, 1.165) is 12.1 Å². The molecule has 0 saturated heterocycles. The van der Waals surface area contributed by atoms with Gasteiger partial charge in [0.1, 0.15) is 13.2 Å². The lowest BCUT2D eigenvalue weighted by atomic mass is 10.1. The molecule has 0 radical (unpaired) electrons. The van der Waals surface area contributed by atoms with Gasteiger partial charge in [-0.1, -0.05) is 11.6 Å². The van der Waals surface area contributed by atoms with E-state index in [9.17, 15) is 4.79 Å². The Bertz CT molecular complexity index is 514. The Morgan fingerprint density at radius 1 is 1.26 bits per heavy atom. The molecule has 0 unspecified atom stereocenters. The minimum Gasteiger partial charge on any atom is -0.486 e. The van der Waals surface area contributed by atoms with Gasteiger partial charge in [0.15, 0.2) is 11.5 Å². The van der Waals surface area contributed by atoms with Crippen molar-refractivity contribution in [2.45, 2.75) is 6.42 Å². The minimum atomic E-state index is -0.0544. The maximum Gasteiger partial charge on any atom is 0.224 e. The van der Waals surface area contributed by atoms with Crippen LogP contribution in [0.25, 0.3) is 0 Å². The van der Waals surface area contributed by atoms with E-state index in [-0.39, 0.29) is 24.7 Å². The second kappa shape index (κ2) is 10.5. The van der Waals surface area contributed by atoms with Crippen LogP contribution in [0, 0.1) is 0 Å². The van der Waals surface area contributed by atoms with Gasteiger partial charge in [0.25, 0.3) is 0 Å². The van der Waals surface area contributed by atoms with Crippen LogP contribution in [0.5, 0.6) is 11.5 Å². The Morgan fingerprint density at radius 2 is 2.04 bits per heavy atom. The quantitative estimate of drug-likeness (QED) is 0.683. The van der Waals surface area contributed by atoms with E-state index in [1.807, 2.05) is 0 Å². The van der Waals surface area contributed by atoms with Gasteiger partial charge in [-0.2, -0.15) is 0 Å². The summed E-state index contributed by atoms with van der Waals surface area (Å²) in [5.74, 6) is 1.10. The SMILES string of the molecule is COCCNCCNC(=O)Cc1cc(Cl)c2c(c1)OCCO2.Cl. The number of rotatable bonds is 8. The molecule has 0 spiro atoms. The van der Waals surface area contributed by atoms with E-state index in [4.69, 9.17) is 25.8 Å². The monoisotopic (exact) mass is 364 g/mol. The van der Waals surface area contributed by atoms with E-state index in [1.54, 1.807) is 19.2 Å². The Kier molecular flexibility index (Phi) is 9.09. The fraction of sp³-hybridized carbons (Fsp3) is 0.533. The first-order valence-electron chi connectivity index (χ1n) is 7.25. The van der Waals surface area contributed by atoms with Crippen LogP contribution in [0.1, 0.15) is 5.56 Å². The summed E-state index contributed by atoms with van der Waals surface area (Å²) in [6.45, 7) is 3.68. The zero-order chi connectivity index (χ0) is 15.8. The molecule has 8 heteroatoms. The van der Waals surface area contributed by atoms with Crippen LogP contribution in [0.3, 0.4) is 0 Å². The Hall–Kier alpha value is -1.21. The standard InChI is InChI=1S/C15H21ClN2O4.ClH/c1-20-5-4-17-2-3-18-14(19)10-11-8-12(16)15-13(9-11)21-6-7-22-15;/h8-9,17H,2-7,10H2,1H3,(H,18,19);1H. The third kappa shape index (κ3) is 6.43. The van der Waals surface area contributed by atoms with Gasteiger partial charge in [-0.25, -0.2) is 0 Å². The highest BCUT2D eigenvalue weighted by atomic mass is 35.5. The summed E-state index contributed by atoms with van der Waals surface area (Å²) in [6, 6.07) is 3.54. The van der Waals surface area contributed by atoms with Crippen LogP contribution in [-0.4, -0.2) is 52.5 Å². The summed E-state index contributed by atoms with van der Waals surface area (Å²) < 4.78 is 15.9. The number of carbonyl (C=O) groups is 1. The Morgan fingerprint density at radius 3 is 2.83 bits per heavy atom. The first-order chi connectivity index (χ1) is 10.7. The zero-order valence-electron chi connectivity index (χ0n) is 13.0. The van der Waals surface area contributed by atoms with Crippen molar-refractivity contribution in [1.29, 1.82) is 0 Å². The largest absolute Gasteiger partial charge is 0.486 e. The van der Waals surface area contributed by atoms with Crippen molar-refractivity contribution in [3.63, 3.8) is 0 Å². The highest BCUT2D eigenvalue weighted by molar-refractivity contribution is 6.32. The molecule has 2 rings (SSSR count). The minimum absolute atomic E-state index is 0. The molecule has 1 aromatic rings. The Labute approximate surface area is 147 Å². The number of carbonyl (C=O) groups excluding carboxylic acids is 1. The van der Waals surface area contributed by atoms with E-state index in [2.05, 4.69) is 10.6 Å². The number of halogens is 2. The second-order valence-electron chi connectivity index (χ2n) is 4.87. The number of amides is 1. The number of hydrogen-bond acceptors (Lipinski definition) is 5. The predicted molar refractivity (Wildman–Crippen MR) is 91.1 cm³/mol. The van der Waals surface area contributed by atoms with Crippen molar-refractivity contribution < 1.29 is 19.0 Å². The molecule has 6 nitrogen and oxygen atoms in total. The molecule has 1 heterocycles. The average molecular weight is 365 g/mol. The molecule has 23 heavy (non-hydrogen) atoms. The summed E-state index contributed by atoms with van der Waals surface area (Å²) in [5.41, 5.74) is 0.805. The Balaban J connectivity index is 0.00000264. The van der Waals surface area contributed by atoms with Crippen LogP contribution in [0.4, 0.5) is 0 Å². The van der Waals surface area contributed by atoms with E-state index in [0.29, 0.717) is 49.4 Å². The third-order valence-electron chi connectivity index (χ3n) is 3.13. The molecule has 130 valence electrons. The summed E-state index contributed by atoms with van der Waals surface area (Å²) in [4.78, 5) is 11.9. The lowest BCUT2D eigenvalue weighted by molar-refractivity contribution is -0.120. The number of fused-ring (bicyclic) bond motifs is 1. The van der Waals surface area contributed by atoms with Gasteiger partial charge in [0.2, 0.25) is 5.91 Å². The first-order valence-corrected chi connectivity index (χ1v) is 7.63. The summed E-state index contributed by atoms with van der Waals surface area (Å²) in [6.07, 6.45) is 0.258. The topological polar surface area (TPSA) is 68.8 Å². The van der Waals surface area contributed by atoms with Crippen molar-refractivity contribution in [3.8, 4) is 11.5 Å². The molecular formula is C15H22Cl2N2O4. The highest BCUT2D eigenvalue weighted by Crippen LogP contribution is 2.38. The van der Waals surface area contributed by atoms with Crippen molar-refractivity contribution in [2.24, 2.45) is 0 Å². The normalized spacial score (nSPS) is 12.4. The molecule has 1 amide bonds. The summed E-state index contributed by atoms with van der Waals surface area (Å²) in [7, 11) is 1.65. The lowest BCUT2D eigenvalue weighted by Gasteiger charge is -2.20. The number of nitrogens with one attached hydrogen (secondary N) is 2. The number of methoxy groups -OCH3 is 1. The molecule has 0 aliphatic carbocycles. The highest BCUT2D eigenvalue weighted by Gasteiger charge is 2.17. The maximum absolute atomic E-state index is 11.9.